The van der Waals surface area contributed by atoms with Gasteiger partial charge in [0.25, 0.3) is 0 Å². The number of thiazole rings is 1. The van der Waals surface area contributed by atoms with Crippen LogP contribution in [0.5, 0.6) is 0 Å². The third kappa shape index (κ3) is 4.67. The summed E-state index contributed by atoms with van der Waals surface area (Å²) in [6, 6.07) is -0.529. The molecule has 3 fully saturated rings. The molecule has 30 heavy (non-hydrogen) atoms. The van der Waals surface area contributed by atoms with Crippen molar-refractivity contribution in [1.29, 1.82) is 0 Å². The highest BCUT2D eigenvalue weighted by molar-refractivity contribution is 7.13. The first kappa shape index (κ1) is 21.2. The molecule has 2 atom stereocenters. The zero-order valence-electron chi connectivity index (χ0n) is 17.4. The molecule has 1 saturated heterocycles. The molecule has 0 bridgehead atoms. The van der Waals surface area contributed by atoms with Crippen molar-refractivity contribution in [2.24, 2.45) is 17.3 Å². The van der Waals surface area contributed by atoms with E-state index in [1.54, 1.807) is 4.90 Å². The van der Waals surface area contributed by atoms with Crippen LogP contribution >= 0.6 is 11.3 Å². The number of nitrogens with one attached hydrogen (secondary N) is 1. The van der Waals surface area contributed by atoms with E-state index in [4.69, 9.17) is 0 Å². The van der Waals surface area contributed by atoms with Crippen LogP contribution in [0.15, 0.2) is 5.38 Å². The number of carbonyl (C=O) groups excluding carboxylic acids is 3. The maximum Gasteiger partial charge on any atom is 0.248 e. The second kappa shape index (κ2) is 8.63. The molecule has 164 valence electrons. The molecule has 9 heteroatoms. The van der Waals surface area contributed by atoms with Gasteiger partial charge in [-0.15, -0.1) is 11.3 Å². The average Bonchev–Trinajstić information content (AvgIpc) is 3.08. The second-order valence-electron chi connectivity index (χ2n) is 9.28. The lowest BCUT2D eigenvalue weighted by Crippen LogP contribution is -2.48. The zero-order valence-corrected chi connectivity index (χ0v) is 18.2. The number of hydrogen-bond donors (Lipinski definition) is 2. The van der Waals surface area contributed by atoms with Gasteiger partial charge in [0.15, 0.2) is 5.13 Å². The van der Waals surface area contributed by atoms with Crippen molar-refractivity contribution in [1.82, 2.24) is 14.9 Å². The molecule has 1 aliphatic heterocycles. The van der Waals surface area contributed by atoms with Gasteiger partial charge in [0.1, 0.15) is 6.04 Å². The lowest BCUT2D eigenvalue weighted by atomic mass is 9.91. The first-order chi connectivity index (χ1) is 14.4. The Balaban J connectivity index is 1.50. The average molecular weight is 435 g/mol. The molecule has 2 unspecified atom stereocenters. The summed E-state index contributed by atoms with van der Waals surface area (Å²) in [7, 11) is 0. The maximum absolute atomic E-state index is 13.6. The first-order valence-corrected chi connectivity index (χ1v) is 11.7. The highest BCUT2D eigenvalue weighted by Crippen LogP contribution is 2.55. The van der Waals surface area contributed by atoms with Gasteiger partial charge in [-0.1, -0.05) is 25.7 Å². The van der Waals surface area contributed by atoms with Crippen LogP contribution in [0.25, 0.3) is 0 Å². The van der Waals surface area contributed by atoms with E-state index in [0.29, 0.717) is 41.9 Å². The lowest BCUT2D eigenvalue weighted by molar-refractivity contribution is -0.158. The fourth-order valence-electron chi connectivity index (χ4n) is 5.07. The van der Waals surface area contributed by atoms with Gasteiger partial charge in [0.2, 0.25) is 18.2 Å². The summed E-state index contributed by atoms with van der Waals surface area (Å²) in [5.74, 6) is -0.379. The van der Waals surface area contributed by atoms with Gasteiger partial charge in [-0.3, -0.25) is 19.6 Å². The number of likely N-dealkylation sites (tertiary alicyclic amines) is 1. The summed E-state index contributed by atoms with van der Waals surface area (Å²) >= 11 is 1.38. The van der Waals surface area contributed by atoms with Gasteiger partial charge < -0.3 is 10.2 Å². The van der Waals surface area contributed by atoms with Crippen LogP contribution in [-0.2, 0) is 14.4 Å². The van der Waals surface area contributed by atoms with Crippen LogP contribution < -0.4 is 5.32 Å². The van der Waals surface area contributed by atoms with Crippen LogP contribution in [0.2, 0.25) is 0 Å². The summed E-state index contributed by atoms with van der Waals surface area (Å²) in [6.07, 6.45) is 8.20. The van der Waals surface area contributed by atoms with E-state index in [9.17, 15) is 19.6 Å². The fraction of sp³-hybridized carbons (Fsp3) is 0.714. The quantitative estimate of drug-likeness (QED) is 0.372. The number of aryl methyl sites for hydroxylation is 1. The van der Waals surface area contributed by atoms with Gasteiger partial charge in [0.05, 0.1) is 18.2 Å². The molecule has 2 aliphatic carbocycles. The predicted octanol–water partition coefficient (Wildman–Crippen LogP) is 2.82. The Morgan fingerprint density at radius 2 is 2.17 bits per heavy atom. The van der Waals surface area contributed by atoms with Crippen LogP contribution in [0.1, 0.15) is 57.1 Å². The van der Waals surface area contributed by atoms with Crippen molar-refractivity contribution in [3.63, 3.8) is 0 Å². The Morgan fingerprint density at radius 1 is 1.43 bits per heavy atom. The standard InChI is InChI=1S/C21H30N4O4S/c1-14-11-30-20(22-14)23-18(27)17-9-21(6-7-21)12-25(17)19(28)16(10-24(29)13-26)8-15-4-2-3-5-15/h11,13,15-17,29H,2-10,12H2,1H3,(H,22,23,27). The van der Waals surface area contributed by atoms with Crippen molar-refractivity contribution in [2.45, 2.75) is 64.3 Å². The largest absolute Gasteiger partial charge is 0.330 e. The predicted molar refractivity (Wildman–Crippen MR) is 112 cm³/mol. The number of hydroxylamine groups is 2. The van der Waals surface area contributed by atoms with Gasteiger partial charge in [-0.25, -0.2) is 10.0 Å². The molecule has 2 saturated carbocycles. The highest BCUT2D eigenvalue weighted by atomic mass is 32.1. The first-order valence-electron chi connectivity index (χ1n) is 10.8. The Kier molecular flexibility index (Phi) is 6.11. The molecular formula is C21H30N4O4S. The van der Waals surface area contributed by atoms with E-state index < -0.39 is 12.0 Å². The van der Waals surface area contributed by atoms with Crippen LogP contribution in [0.4, 0.5) is 5.13 Å². The Hall–Kier alpha value is -2.00. The Labute approximate surface area is 180 Å². The van der Waals surface area contributed by atoms with Gasteiger partial charge in [0, 0.05) is 11.9 Å². The van der Waals surface area contributed by atoms with Crippen LogP contribution in [0, 0.1) is 24.2 Å². The minimum absolute atomic E-state index is 0.0254. The van der Waals surface area contributed by atoms with Crippen LogP contribution in [-0.4, -0.2) is 57.5 Å². The number of carbonyl (C=O) groups is 3. The third-order valence-electron chi connectivity index (χ3n) is 6.87. The van der Waals surface area contributed by atoms with E-state index in [0.717, 1.165) is 44.2 Å². The van der Waals surface area contributed by atoms with Crippen molar-refractivity contribution in [3.8, 4) is 0 Å². The van der Waals surface area contributed by atoms with E-state index >= 15 is 0 Å². The van der Waals surface area contributed by atoms with Crippen molar-refractivity contribution >= 4 is 34.7 Å². The molecule has 4 rings (SSSR count). The van der Waals surface area contributed by atoms with E-state index in [2.05, 4.69) is 10.3 Å². The molecule has 3 aliphatic rings. The minimum atomic E-state index is -0.529. The summed E-state index contributed by atoms with van der Waals surface area (Å²) in [5.41, 5.74) is 0.902. The molecule has 0 aromatic carbocycles. The second-order valence-corrected chi connectivity index (χ2v) is 10.1. The molecule has 0 radical (unpaired) electrons. The van der Waals surface area contributed by atoms with Crippen molar-refractivity contribution < 1.29 is 19.6 Å². The number of hydrogen-bond acceptors (Lipinski definition) is 6. The van der Waals surface area contributed by atoms with Crippen molar-refractivity contribution in [3.05, 3.63) is 11.1 Å². The summed E-state index contributed by atoms with van der Waals surface area (Å²) in [4.78, 5) is 43.6. The maximum atomic E-state index is 13.6. The summed E-state index contributed by atoms with van der Waals surface area (Å²) in [5, 5.41) is 15.7. The highest BCUT2D eigenvalue weighted by Gasteiger charge is 2.55. The van der Waals surface area contributed by atoms with Gasteiger partial charge in [-0.2, -0.15) is 0 Å². The fourth-order valence-corrected chi connectivity index (χ4v) is 5.76. The Morgan fingerprint density at radius 3 is 2.77 bits per heavy atom. The number of anilines is 1. The van der Waals surface area contributed by atoms with E-state index in [1.165, 1.54) is 11.3 Å². The van der Waals surface area contributed by atoms with Crippen molar-refractivity contribution in [2.75, 3.05) is 18.4 Å². The molecule has 8 nitrogen and oxygen atoms in total. The molecule has 1 aromatic rings. The van der Waals surface area contributed by atoms with Gasteiger partial charge in [-0.05, 0) is 43.9 Å². The third-order valence-corrected chi connectivity index (χ3v) is 7.75. The molecule has 2 heterocycles. The Bertz CT molecular complexity index is 803. The summed E-state index contributed by atoms with van der Waals surface area (Å²) in [6.45, 7) is 2.43. The van der Waals surface area contributed by atoms with E-state index in [-0.39, 0.29) is 23.8 Å². The molecule has 3 amide bonds. The molecule has 1 aromatic heterocycles. The number of amides is 3. The topological polar surface area (TPSA) is 103 Å². The SMILES string of the molecule is Cc1csc(NC(=O)C2CC3(CC3)CN2C(=O)C(CC2CCCC2)CN(O)C=O)n1. The van der Waals surface area contributed by atoms with Crippen LogP contribution in [0.3, 0.4) is 0 Å². The minimum Gasteiger partial charge on any atom is -0.330 e. The molecule has 2 N–H and O–H groups in total. The normalized spacial score (nSPS) is 23.5. The van der Waals surface area contributed by atoms with Gasteiger partial charge >= 0.3 is 0 Å². The molecular weight excluding hydrogens is 404 g/mol. The number of nitrogens with zero attached hydrogens (tertiary/aromatic N) is 3. The lowest BCUT2D eigenvalue weighted by Gasteiger charge is -2.30. The van der Waals surface area contributed by atoms with E-state index in [1.807, 2.05) is 12.3 Å². The molecule has 1 spiro atoms. The zero-order chi connectivity index (χ0) is 21.3. The number of aromatic nitrogens is 1. The summed E-state index contributed by atoms with van der Waals surface area (Å²) < 4.78 is 0. The number of rotatable bonds is 8. The smallest absolute Gasteiger partial charge is 0.248 e. The monoisotopic (exact) mass is 434 g/mol.